The Morgan fingerprint density at radius 1 is 1.12 bits per heavy atom. The summed E-state index contributed by atoms with van der Waals surface area (Å²) in [6, 6.07) is 8.02. The maximum Gasteiger partial charge on any atom is 0.191 e. The van der Waals surface area contributed by atoms with Gasteiger partial charge in [0.05, 0.1) is 19.3 Å². The zero-order valence-corrected chi connectivity index (χ0v) is 19.0. The van der Waals surface area contributed by atoms with Crippen LogP contribution in [0.2, 0.25) is 18.1 Å². The zero-order valence-electron chi connectivity index (χ0n) is 18.0. The van der Waals surface area contributed by atoms with Gasteiger partial charge in [-0.25, -0.2) is 0 Å². The average molecular weight is 379 g/mol. The van der Waals surface area contributed by atoms with Gasteiger partial charge in [-0.15, -0.1) is 6.58 Å². The van der Waals surface area contributed by atoms with E-state index in [9.17, 15) is 0 Å². The van der Waals surface area contributed by atoms with Crippen molar-refractivity contribution >= 4 is 8.32 Å². The van der Waals surface area contributed by atoms with Crippen molar-refractivity contribution < 1.29 is 13.9 Å². The molecule has 3 nitrogen and oxygen atoms in total. The molecule has 0 aromatic heterocycles. The minimum absolute atomic E-state index is 0.214. The highest BCUT2D eigenvalue weighted by Gasteiger charge is 2.39. The van der Waals surface area contributed by atoms with Gasteiger partial charge in [-0.05, 0) is 49.2 Å². The Bertz CT molecular complexity index is 560. The fourth-order valence-corrected chi connectivity index (χ4v) is 3.48. The van der Waals surface area contributed by atoms with Crippen LogP contribution in [0.4, 0.5) is 0 Å². The van der Waals surface area contributed by atoms with Crippen molar-refractivity contribution in [1.82, 2.24) is 0 Å². The van der Waals surface area contributed by atoms with Crippen LogP contribution in [0, 0.1) is 5.92 Å². The van der Waals surface area contributed by atoms with Gasteiger partial charge in [0, 0.05) is 12.5 Å². The summed E-state index contributed by atoms with van der Waals surface area (Å²) in [5.74, 6) is 1.13. The first-order valence-corrected chi connectivity index (χ1v) is 12.4. The number of benzene rings is 1. The van der Waals surface area contributed by atoms with E-state index in [1.807, 2.05) is 30.3 Å². The summed E-state index contributed by atoms with van der Waals surface area (Å²) in [4.78, 5) is 0. The molecular formula is C22H38O3Si. The minimum Gasteiger partial charge on any atom is -0.497 e. The van der Waals surface area contributed by atoms with Crippen LogP contribution >= 0.6 is 0 Å². The van der Waals surface area contributed by atoms with Crippen molar-refractivity contribution in [1.29, 1.82) is 0 Å². The van der Waals surface area contributed by atoms with E-state index in [0.29, 0.717) is 13.2 Å². The molecule has 2 atom stereocenters. The molecule has 0 heterocycles. The van der Waals surface area contributed by atoms with Crippen LogP contribution in [0.15, 0.2) is 36.9 Å². The van der Waals surface area contributed by atoms with Gasteiger partial charge in [-0.2, -0.15) is 0 Å². The standard InChI is InChI=1S/C22H38O3Si/c1-10-15-22(6,18(2)16-25-26(8,9)21(3,4)5)24-17-19-11-13-20(23-7)14-12-19/h10-14,18H,1,15-17H2,2-9H3/t18-,22+/m0/s1. The Hall–Kier alpha value is -1.10. The van der Waals surface area contributed by atoms with Crippen molar-refractivity contribution in [2.24, 2.45) is 5.92 Å². The zero-order chi connectivity index (χ0) is 20.0. The number of rotatable bonds is 10. The fourth-order valence-electron chi connectivity index (χ4n) is 2.39. The molecule has 1 aromatic carbocycles. The van der Waals surface area contributed by atoms with Gasteiger partial charge in [0.25, 0.3) is 0 Å². The molecule has 0 spiro atoms. The van der Waals surface area contributed by atoms with Crippen molar-refractivity contribution in [2.45, 2.75) is 71.4 Å². The first kappa shape index (κ1) is 22.9. The fraction of sp³-hybridized carbons (Fsp3) is 0.636. The van der Waals surface area contributed by atoms with Crippen molar-refractivity contribution in [3.05, 3.63) is 42.5 Å². The van der Waals surface area contributed by atoms with Crippen molar-refractivity contribution in [3.8, 4) is 5.75 Å². The number of hydrogen-bond acceptors (Lipinski definition) is 3. The second-order valence-corrected chi connectivity index (χ2v) is 13.7. The highest BCUT2D eigenvalue weighted by Crippen LogP contribution is 2.38. The predicted molar refractivity (Wildman–Crippen MR) is 113 cm³/mol. The van der Waals surface area contributed by atoms with Gasteiger partial charge in [0.15, 0.2) is 8.32 Å². The normalized spacial score (nSPS) is 16.0. The topological polar surface area (TPSA) is 27.7 Å². The van der Waals surface area contributed by atoms with Gasteiger partial charge < -0.3 is 13.9 Å². The van der Waals surface area contributed by atoms with E-state index >= 15 is 0 Å². The molecule has 1 rings (SSSR count). The number of methoxy groups -OCH3 is 1. The van der Waals surface area contributed by atoms with Gasteiger partial charge in [-0.3, -0.25) is 0 Å². The lowest BCUT2D eigenvalue weighted by atomic mass is 9.88. The van der Waals surface area contributed by atoms with Crippen LogP contribution in [0.25, 0.3) is 0 Å². The van der Waals surface area contributed by atoms with Crippen LogP contribution in [0.5, 0.6) is 5.75 Å². The predicted octanol–water partition coefficient (Wildman–Crippen LogP) is 6.20. The lowest BCUT2D eigenvalue weighted by Gasteiger charge is -2.40. The molecule has 0 aliphatic rings. The van der Waals surface area contributed by atoms with Gasteiger partial charge in [0.1, 0.15) is 5.75 Å². The summed E-state index contributed by atoms with van der Waals surface area (Å²) in [6.07, 6.45) is 2.74. The smallest absolute Gasteiger partial charge is 0.191 e. The molecule has 1 aromatic rings. The molecule has 4 heteroatoms. The third kappa shape index (κ3) is 6.25. The quantitative estimate of drug-likeness (QED) is 0.358. The summed E-state index contributed by atoms with van der Waals surface area (Å²) >= 11 is 0. The highest BCUT2D eigenvalue weighted by molar-refractivity contribution is 6.74. The van der Waals surface area contributed by atoms with E-state index in [1.54, 1.807) is 7.11 Å². The molecule has 0 unspecified atom stereocenters. The van der Waals surface area contributed by atoms with Crippen LogP contribution in [0.3, 0.4) is 0 Å². The highest BCUT2D eigenvalue weighted by atomic mass is 28.4. The summed E-state index contributed by atoms with van der Waals surface area (Å²) in [7, 11) is -0.0848. The van der Waals surface area contributed by atoms with Crippen LogP contribution in [-0.4, -0.2) is 27.6 Å². The SMILES string of the molecule is C=CC[C@@](C)(OCc1ccc(OC)cc1)[C@@H](C)CO[Si](C)(C)C(C)(C)C. The number of ether oxygens (including phenoxy) is 2. The first-order valence-electron chi connectivity index (χ1n) is 9.47. The van der Waals surface area contributed by atoms with Crippen LogP contribution in [-0.2, 0) is 15.8 Å². The van der Waals surface area contributed by atoms with Crippen LogP contribution < -0.4 is 4.74 Å². The molecule has 0 saturated carbocycles. The average Bonchev–Trinajstić information content (AvgIpc) is 2.57. The maximum absolute atomic E-state index is 6.44. The number of hydrogen-bond donors (Lipinski definition) is 0. The Balaban J connectivity index is 2.75. The molecule has 0 bridgehead atoms. The van der Waals surface area contributed by atoms with Gasteiger partial charge >= 0.3 is 0 Å². The summed E-state index contributed by atoms with van der Waals surface area (Å²) in [5, 5.41) is 0.214. The maximum atomic E-state index is 6.44. The molecule has 0 radical (unpaired) electrons. The Labute approximate surface area is 161 Å². The Morgan fingerprint density at radius 3 is 2.15 bits per heavy atom. The van der Waals surface area contributed by atoms with Crippen LogP contribution in [0.1, 0.15) is 46.6 Å². The molecule has 0 aliphatic carbocycles. The Morgan fingerprint density at radius 2 is 1.69 bits per heavy atom. The molecule has 0 saturated heterocycles. The van der Waals surface area contributed by atoms with E-state index in [2.05, 4.69) is 54.3 Å². The molecule has 26 heavy (non-hydrogen) atoms. The third-order valence-electron chi connectivity index (χ3n) is 5.82. The molecule has 0 N–H and O–H groups in total. The van der Waals surface area contributed by atoms with Gasteiger partial charge in [0.2, 0.25) is 0 Å². The van der Waals surface area contributed by atoms with Crippen molar-refractivity contribution in [3.63, 3.8) is 0 Å². The summed E-state index contributed by atoms with van der Waals surface area (Å²) in [6.45, 7) is 21.0. The lowest BCUT2D eigenvalue weighted by molar-refractivity contribution is -0.0877. The molecular weight excluding hydrogens is 340 g/mol. The van der Waals surface area contributed by atoms with Gasteiger partial charge in [-0.1, -0.05) is 45.9 Å². The second-order valence-electron chi connectivity index (χ2n) is 8.91. The third-order valence-corrected chi connectivity index (χ3v) is 10.3. The monoisotopic (exact) mass is 378 g/mol. The lowest BCUT2D eigenvalue weighted by Crippen LogP contribution is -2.45. The molecule has 148 valence electrons. The molecule has 0 amide bonds. The van der Waals surface area contributed by atoms with E-state index in [4.69, 9.17) is 13.9 Å². The van der Waals surface area contributed by atoms with E-state index in [1.165, 1.54) is 0 Å². The molecule has 0 aliphatic heterocycles. The largest absolute Gasteiger partial charge is 0.497 e. The van der Waals surface area contributed by atoms with E-state index in [-0.39, 0.29) is 16.6 Å². The van der Waals surface area contributed by atoms with E-state index < -0.39 is 8.32 Å². The first-order chi connectivity index (χ1) is 11.9. The Kier molecular flexibility index (Phi) is 8.12. The molecule has 0 fully saturated rings. The second kappa shape index (κ2) is 9.20. The minimum atomic E-state index is -1.76. The summed E-state index contributed by atoms with van der Waals surface area (Å²) in [5.41, 5.74) is 0.836. The summed E-state index contributed by atoms with van der Waals surface area (Å²) < 4.78 is 18.0. The van der Waals surface area contributed by atoms with Crippen molar-refractivity contribution in [2.75, 3.05) is 13.7 Å². The van der Waals surface area contributed by atoms with E-state index in [0.717, 1.165) is 17.7 Å².